The van der Waals surface area contributed by atoms with Crippen molar-refractivity contribution in [3.8, 4) is 5.75 Å². The van der Waals surface area contributed by atoms with Gasteiger partial charge in [-0.1, -0.05) is 59.7 Å². The number of carbonyl (C=O) groups excluding carboxylic acids is 2. The molecule has 11 nitrogen and oxygen atoms in total. The molecule has 0 radical (unpaired) electrons. The summed E-state index contributed by atoms with van der Waals surface area (Å²) in [6.07, 6.45) is 0.272. The molecule has 12 heteroatoms. The first-order valence-corrected chi connectivity index (χ1v) is 19.3. The van der Waals surface area contributed by atoms with E-state index in [1.54, 1.807) is 24.1 Å². The SMILES string of the molecule is COCCCN1C(=O)COc2ccc(CO[C@]3(C(C)C)[C@@H](c4ccc(C(=O)O)cc4)[C@H](CO[SiH3])CN(C(=O)OC(C)(C)C)C3(C(C)C)C(C)C)cc21. The summed E-state index contributed by atoms with van der Waals surface area (Å²) in [5.41, 5.74) is -0.0230. The number of rotatable bonds is 14. The monoisotopic (exact) mass is 740 g/mol. The van der Waals surface area contributed by atoms with Gasteiger partial charge in [-0.25, -0.2) is 9.59 Å². The Hall–Kier alpha value is -3.45. The van der Waals surface area contributed by atoms with Crippen LogP contribution in [0.5, 0.6) is 5.75 Å². The summed E-state index contributed by atoms with van der Waals surface area (Å²) in [4.78, 5) is 43.2. The summed E-state index contributed by atoms with van der Waals surface area (Å²) < 4.78 is 30.8. The number of carbonyl (C=O) groups is 3. The maximum atomic E-state index is 14.6. The molecule has 1 N–H and O–H groups in total. The van der Waals surface area contributed by atoms with E-state index in [1.807, 2.05) is 56.0 Å². The molecular formula is C40H60N2O9Si. The lowest BCUT2D eigenvalue weighted by atomic mass is 9.50. The van der Waals surface area contributed by atoms with Gasteiger partial charge in [-0.15, -0.1) is 0 Å². The number of nitrogens with zero attached hydrogens (tertiary/aromatic N) is 2. The van der Waals surface area contributed by atoms with Crippen molar-refractivity contribution in [2.24, 2.45) is 23.7 Å². The minimum Gasteiger partial charge on any atom is -0.482 e. The number of benzene rings is 2. The Morgan fingerprint density at radius 3 is 2.21 bits per heavy atom. The normalized spacial score (nSPS) is 21.8. The lowest BCUT2D eigenvalue weighted by Gasteiger charge is -2.68. The second-order valence-corrected chi connectivity index (χ2v) is 16.6. The maximum absolute atomic E-state index is 14.6. The fraction of sp³-hybridized carbons (Fsp3) is 0.625. The fourth-order valence-corrected chi connectivity index (χ4v) is 9.53. The molecule has 0 unspecified atom stereocenters. The fourth-order valence-electron chi connectivity index (χ4n) is 9.10. The predicted molar refractivity (Wildman–Crippen MR) is 204 cm³/mol. The number of anilines is 1. The molecule has 0 saturated carbocycles. The van der Waals surface area contributed by atoms with Gasteiger partial charge in [0.25, 0.3) is 5.91 Å². The molecule has 2 heterocycles. The number of amides is 2. The van der Waals surface area contributed by atoms with E-state index in [0.29, 0.717) is 54.6 Å². The molecule has 2 aromatic rings. The number of hydrogen-bond acceptors (Lipinski definition) is 8. The molecule has 288 valence electrons. The molecule has 0 bridgehead atoms. The van der Waals surface area contributed by atoms with E-state index in [9.17, 15) is 19.5 Å². The summed E-state index contributed by atoms with van der Waals surface area (Å²) in [6, 6.07) is 12.9. The van der Waals surface area contributed by atoms with Gasteiger partial charge in [-0.3, -0.25) is 9.69 Å². The van der Waals surface area contributed by atoms with E-state index in [1.165, 1.54) is 0 Å². The van der Waals surface area contributed by atoms with Crippen LogP contribution in [0.3, 0.4) is 0 Å². The van der Waals surface area contributed by atoms with E-state index in [4.69, 9.17) is 23.4 Å². The van der Waals surface area contributed by atoms with Crippen molar-refractivity contribution in [1.82, 2.24) is 4.90 Å². The molecular weight excluding hydrogens is 681 g/mol. The molecule has 0 aromatic heterocycles. The minimum atomic E-state index is -1.04. The Morgan fingerprint density at radius 2 is 1.67 bits per heavy atom. The number of methoxy groups -OCH3 is 1. The van der Waals surface area contributed by atoms with Gasteiger partial charge >= 0.3 is 12.1 Å². The van der Waals surface area contributed by atoms with Crippen LogP contribution in [0.1, 0.15) is 96.1 Å². The van der Waals surface area contributed by atoms with Crippen LogP contribution in [0.4, 0.5) is 10.5 Å². The first-order valence-electron chi connectivity index (χ1n) is 18.5. The van der Waals surface area contributed by atoms with Gasteiger partial charge in [-0.2, -0.15) is 0 Å². The quantitative estimate of drug-likeness (QED) is 0.182. The van der Waals surface area contributed by atoms with E-state index in [-0.39, 0.29) is 54.3 Å². The van der Waals surface area contributed by atoms with Crippen LogP contribution < -0.4 is 9.64 Å². The van der Waals surface area contributed by atoms with Crippen LogP contribution >= 0.6 is 0 Å². The summed E-state index contributed by atoms with van der Waals surface area (Å²) in [5.74, 6) is -1.36. The van der Waals surface area contributed by atoms with E-state index in [2.05, 4.69) is 41.5 Å². The Labute approximate surface area is 312 Å². The smallest absolute Gasteiger partial charge is 0.410 e. The highest BCUT2D eigenvalue weighted by Crippen LogP contribution is 2.60. The summed E-state index contributed by atoms with van der Waals surface area (Å²) in [5, 5.41) is 9.78. The Balaban J connectivity index is 1.98. The number of ether oxygens (including phenoxy) is 4. The number of aromatic carboxylic acids is 1. The predicted octanol–water partition coefficient (Wildman–Crippen LogP) is 6.06. The molecule has 3 atom stereocenters. The van der Waals surface area contributed by atoms with Crippen molar-refractivity contribution < 1.29 is 42.9 Å². The van der Waals surface area contributed by atoms with Gasteiger partial charge in [0.1, 0.15) is 27.4 Å². The zero-order valence-corrected chi connectivity index (χ0v) is 35.0. The van der Waals surface area contributed by atoms with Crippen LogP contribution in [0, 0.1) is 23.7 Å². The van der Waals surface area contributed by atoms with E-state index in [0.717, 1.165) is 11.1 Å². The Bertz CT molecular complexity index is 1550. The van der Waals surface area contributed by atoms with Gasteiger partial charge in [0.2, 0.25) is 0 Å². The van der Waals surface area contributed by atoms with Crippen molar-refractivity contribution in [2.45, 2.75) is 98.0 Å². The van der Waals surface area contributed by atoms with Crippen molar-refractivity contribution in [2.75, 3.05) is 44.9 Å². The van der Waals surface area contributed by atoms with Crippen LogP contribution in [-0.2, 0) is 30.0 Å². The first-order chi connectivity index (χ1) is 24.5. The number of hydrogen-bond donors (Lipinski definition) is 1. The van der Waals surface area contributed by atoms with Crippen LogP contribution in [0.15, 0.2) is 42.5 Å². The minimum absolute atomic E-state index is 0.0236. The number of carboxylic acid groups (broad SMARTS) is 1. The standard InChI is InChI=1S/C40H60N2O9Si/c1-25(2)39(26(3)4)40(27(5)6,49-22-28-12-17-33-32(20-28)41(18-11-19-47-10)34(43)24-48-33)35(29-13-15-30(16-14-29)36(44)45)31(23-50-52)21-42(39)37(46)51-38(7,8)9/h12-17,20,25-27,31,35H,11,18-19,21-24H2,1-10,52H3,(H,44,45)/t31-,35-,40+/m0/s1. The van der Waals surface area contributed by atoms with Gasteiger partial charge < -0.3 is 33.4 Å². The molecule has 1 saturated heterocycles. The molecule has 52 heavy (non-hydrogen) atoms. The van der Waals surface area contributed by atoms with Gasteiger partial charge in [0.15, 0.2) is 6.61 Å². The number of piperidine rings is 1. The summed E-state index contributed by atoms with van der Waals surface area (Å²) in [7, 11) is 2.14. The summed E-state index contributed by atoms with van der Waals surface area (Å²) in [6.45, 7) is 20.4. The summed E-state index contributed by atoms with van der Waals surface area (Å²) >= 11 is 0. The average Bonchev–Trinajstić information content (AvgIpc) is 3.06. The Kier molecular flexibility index (Phi) is 13.3. The van der Waals surface area contributed by atoms with Crippen molar-refractivity contribution in [1.29, 1.82) is 0 Å². The molecule has 4 rings (SSSR count). The van der Waals surface area contributed by atoms with Gasteiger partial charge in [-0.05, 0) is 80.3 Å². The van der Waals surface area contributed by atoms with Crippen LogP contribution in [0.25, 0.3) is 0 Å². The van der Waals surface area contributed by atoms with Gasteiger partial charge in [0.05, 0.1) is 23.4 Å². The van der Waals surface area contributed by atoms with Crippen molar-refractivity contribution >= 4 is 34.1 Å². The van der Waals surface area contributed by atoms with Crippen molar-refractivity contribution in [3.63, 3.8) is 0 Å². The highest BCUT2D eigenvalue weighted by Gasteiger charge is 2.70. The highest BCUT2D eigenvalue weighted by molar-refractivity contribution is 5.98. The number of fused-ring (bicyclic) bond motifs is 1. The highest BCUT2D eigenvalue weighted by atomic mass is 28.2. The zero-order chi connectivity index (χ0) is 38.6. The molecule has 2 aromatic carbocycles. The largest absolute Gasteiger partial charge is 0.482 e. The van der Waals surface area contributed by atoms with Crippen LogP contribution in [0.2, 0.25) is 0 Å². The molecule has 2 aliphatic rings. The second kappa shape index (κ2) is 16.7. The number of carboxylic acids is 1. The number of likely N-dealkylation sites (tertiary alicyclic amines) is 1. The maximum Gasteiger partial charge on any atom is 0.410 e. The third-order valence-electron chi connectivity index (χ3n) is 10.7. The van der Waals surface area contributed by atoms with Crippen LogP contribution in [-0.4, -0.2) is 95.2 Å². The molecule has 1 fully saturated rings. The van der Waals surface area contributed by atoms with Gasteiger partial charge in [0, 0.05) is 45.2 Å². The second-order valence-electron chi connectivity index (χ2n) is 16.1. The molecule has 0 aliphatic carbocycles. The average molecular weight is 741 g/mol. The Morgan fingerprint density at radius 1 is 1.02 bits per heavy atom. The third kappa shape index (κ3) is 7.90. The van der Waals surface area contributed by atoms with Crippen molar-refractivity contribution in [3.05, 3.63) is 59.2 Å². The lowest BCUT2D eigenvalue weighted by molar-refractivity contribution is -0.255. The lowest BCUT2D eigenvalue weighted by Crippen LogP contribution is -2.80. The molecule has 2 amide bonds. The topological polar surface area (TPSA) is 124 Å². The first kappa shape index (κ1) is 41.3. The third-order valence-corrected chi connectivity index (χ3v) is 11.1. The molecule has 0 spiro atoms. The zero-order valence-electron chi connectivity index (χ0n) is 33.0. The van der Waals surface area contributed by atoms with E-state index < -0.39 is 28.8 Å². The van der Waals surface area contributed by atoms with E-state index >= 15 is 0 Å². The molecule has 2 aliphatic heterocycles.